The number of fused-ring (bicyclic) bond motifs is 3. The Morgan fingerprint density at radius 3 is 2.14 bits per heavy atom. The number of Topliss-reactive ketones (excluding diaryl/α,β-unsaturated/α-hetero) is 3. The number of phenolic OH excluding ortho intramolecular Hbond substituents is 1. The zero-order chi connectivity index (χ0) is 32.1. The van der Waals surface area contributed by atoms with E-state index >= 15 is 0 Å². The van der Waals surface area contributed by atoms with Gasteiger partial charge < -0.3 is 30.3 Å². The Hall–Kier alpha value is -3.50. The molecule has 1 aromatic rings. The van der Waals surface area contributed by atoms with Crippen molar-refractivity contribution in [2.24, 2.45) is 22.7 Å². The van der Waals surface area contributed by atoms with Crippen LogP contribution in [0.5, 0.6) is 5.75 Å². The summed E-state index contributed by atoms with van der Waals surface area (Å²) in [7, 11) is 0. The van der Waals surface area contributed by atoms with E-state index in [1.807, 2.05) is 0 Å². The van der Waals surface area contributed by atoms with Gasteiger partial charge in [-0.1, -0.05) is 46.8 Å². The second-order valence-corrected chi connectivity index (χ2v) is 13.6. The van der Waals surface area contributed by atoms with E-state index in [0.29, 0.717) is 5.56 Å². The lowest BCUT2D eigenvalue weighted by Gasteiger charge is -2.63. The van der Waals surface area contributed by atoms with Crippen molar-refractivity contribution < 1.29 is 49.4 Å². The van der Waals surface area contributed by atoms with Gasteiger partial charge in [0.1, 0.15) is 28.4 Å². The number of aromatic hydroxyl groups is 1. The molecule has 228 valence electrons. The summed E-state index contributed by atoms with van der Waals surface area (Å²) in [6.07, 6.45) is -2.06. The highest BCUT2D eigenvalue weighted by Crippen LogP contribution is 2.67. The SMILES string of the molecule is CC(=O)C1=C(O)C(C(C)C)[C@@]2(C)[C@H](O)[C@]3(C)C(=C(O)[C@@]2(O)C1=O)C(=O)c1c(ccc(CC(=O)OC(C)(C)C)c1O)[C@H]3C. The van der Waals surface area contributed by atoms with Crippen molar-refractivity contribution >= 4 is 23.3 Å². The second kappa shape index (κ2) is 9.50. The zero-order valence-electron chi connectivity index (χ0n) is 25.4. The van der Waals surface area contributed by atoms with Gasteiger partial charge in [0.25, 0.3) is 0 Å². The van der Waals surface area contributed by atoms with Crippen molar-refractivity contribution in [3.05, 3.63) is 51.5 Å². The predicted octanol–water partition coefficient (Wildman–Crippen LogP) is 3.76. The van der Waals surface area contributed by atoms with Crippen molar-refractivity contribution in [1.82, 2.24) is 0 Å². The minimum atomic E-state index is -2.96. The van der Waals surface area contributed by atoms with Crippen LogP contribution in [0.4, 0.5) is 0 Å². The molecule has 0 radical (unpaired) electrons. The summed E-state index contributed by atoms with van der Waals surface area (Å²) in [5.74, 6) is -8.39. The third-order valence-corrected chi connectivity index (χ3v) is 9.67. The molecule has 3 aliphatic carbocycles. The number of allylic oxidation sites excluding steroid dienone is 1. The highest BCUT2D eigenvalue weighted by atomic mass is 16.6. The van der Waals surface area contributed by atoms with Crippen LogP contribution in [0.2, 0.25) is 0 Å². The third kappa shape index (κ3) is 3.84. The molecule has 0 aliphatic heterocycles. The number of ether oxygens (including phenoxy) is 1. The largest absolute Gasteiger partial charge is 0.511 e. The molecule has 4 rings (SSSR count). The van der Waals surface area contributed by atoms with Gasteiger partial charge in [0.2, 0.25) is 5.78 Å². The van der Waals surface area contributed by atoms with Crippen LogP contribution in [-0.2, 0) is 25.5 Å². The van der Waals surface area contributed by atoms with E-state index in [4.69, 9.17) is 4.74 Å². The molecule has 10 nitrogen and oxygen atoms in total. The number of aliphatic hydroxyl groups is 4. The molecule has 0 saturated carbocycles. The first kappa shape index (κ1) is 31.4. The summed E-state index contributed by atoms with van der Waals surface area (Å²) >= 11 is 0. The summed E-state index contributed by atoms with van der Waals surface area (Å²) in [5.41, 5.74) is -8.36. The first-order chi connectivity index (χ1) is 19.1. The van der Waals surface area contributed by atoms with Crippen LogP contribution in [-0.4, -0.2) is 66.2 Å². The van der Waals surface area contributed by atoms with E-state index in [-0.39, 0.29) is 17.5 Å². The lowest BCUT2D eigenvalue weighted by molar-refractivity contribution is -0.211. The molecule has 0 spiro atoms. The number of phenols is 1. The average molecular weight is 585 g/mol. The summed E-state index contributed by atoms with van der Waals surface area (Å²) in [4.78, 5) is 53.1. The number of ketones is 3. The summed E-state index contributed by atoms with van der Waals surface area (Å²) in [5, 5.41) is 58.6. The van der Waals surface area contributed by atoms with Gasteiger partial charge in [-0.25, -0.2) is 0 Å². The van der Waals surface area contributed by atoms with Crippen LogP contribution >= 0.6 is 0 Å². The Morgan fingerprint density at radius 1 is 1.07 bits per heavy atom. The van der Waals surface area contributed by atoms with E-state index < -0.39 is 97.6 Å². The van der Waals surface area contributed by atoms with Gasteiger partial charge >= 0.3 is 5.97 Å². The molecule has 0 heterocycles. The maximum Gasteiger partial charge on any atom is 0.310 e. The molecule has 0 saturated heterocycles. The van der Waals surface area contributed by atoms with Crippen LogP contribution < -0.4 is 0 Å². The fourth-order valence-electron chi connectivity index (χ4n) is 7.66. The number of benzene rings is 1. The van der Waals surface area contributed by atoms with Crippen LogP contribution in [0.15, 0.2) is 34.8 Å². The minimum Gasteiger partial charge on any atom is -0.511 e. The van der Waals surface area contributed by atoms with E-state index in [1.165, 1.54) is 19.9 Å². The lowest BCUT2D eigenvalue weighted by atomic mass is 9.41. The smallest absolute Gasteiger partial charge is 0.310 e. The second-order valence-electron chi connectivity index (χ2n) is 13.6. The molecule has 0 amide bonds. The normalized spacial score (nSPS) is 32.9. The van der Waals surface area contributed by atoms with Crippen LogP contribution in [0, 0.1) is 22.7 Å². The van der Waals surface area contributed by atoms with Crippen molar-refractivity contribution in [1.29, 1.82) is 0 Å². The van der Waals surface area contributed by atoms with Crippen LogP contribution in [0.25, 0.3) is 0 Å². The van der Waals surface area contributed by atoms with Gasteiger partial charge in [0, 0.05) is 22.3 Å². The Morgan fingerprint density at radius 2 is 1.64 bits per heavy atom. The molecule has 5 N–H and O–H groups in total. The highest BCUT2D eigenvalue weighted by molar-refractivity contribution is 6.25. The fourth-order valence-corrected chi connectivity index (χ4v) is 7.66. The first-order valence-corrected chi connectivity index (χ1v) is 14.0. The van der Waals surface area contributed by atoms with E-state index in [0.717, 1.165) is 6.92 Å². The molecule has 1 aromatic carbocycles. The summed E-state index contributed by atoms with van der Waals surface area (Å²) in [6.45, 7) is 14.0. The molecule has 0 fully saturated rings. The molecule has 0 bridgehead atoms. The van der Waals surface area contributed by atoms with Crippen LogP contribution in [0.3, 0.4) is 0 Å². The fraction of sp³-hybridized carbons (Fsp3) is 0.562. The molecule has 0 aromatic heterocycles. The van der Waals surface area contributed by atoms with Crippen molar-refractivity contribution in [2.75, 3.05) is 0 Å². The molecule has 10 heteroatoms. The number of hydrogen-bond acceptors (Lipinski definition) is 10. The maximum atomic E-state index is 14.2. The van der Waals surface area contributed by atoms with E-state index in [1.54, 1.807) is 47.6 Å². The predicted molar refractivity (Wildman–Crippen MR) is 151 cm³/mol. The number of esters is 1. The number of rotatable bonds is 4. The lowest BCUT2D eigenvalue weighted by Crippen LogP contribution is -2.73. The molecule has 3 aliphatic rings. The van der Waals surface area contributed by atoms with E-state index in [2.05, 4.69) is 0 Å². The van der Waals surface area contributed by atoms with Gasteiger partial charge in [-0.2, -0.15) is 0 Å². The number of carbonyl (C=O) groups is 4. The van der Waals surface area contributed by atoms with Gasteiger partial charge in [0.15, 0.2) is 17.2 Å². The van der Waals surface area contributed by atoms with Crippen LogP contribution in [0.1, 0.15) is 89.7 Å². The maximum absolute atomic E-state index is 14.2. The van der Waals surface area contributed by atoms with Gasteiger partial charge in [0.05, 0.1) is 23.7 Å². The van der Waals surface area contributed by atoms with Gasteiger partial charge in [-0.05, 0) is 45.1 Å². The van der Waals surface area contributed by atoms with Gasteiger partial charge in [-0.15, -0.1) is 0 Å². The molecular weight excluding hydrogens is 544 g/mol. The molecule has 42 heavy (non-hydrogen) atoms. The number of aliphatic hydroxyl groups excluding tert-OH is 3. The number of carbonyl (C=O) groups excluding carboxylic acids is 4. The Kier molecular flexibility index (Phi) is 7.11. The molecule has 6 atom stereocenters. The quantitative estimate of drug-likeness (QED) is 0.258. The van der Waals surface area contributed by atoms with Gasteiger partial charge in [-0.3, -0.25) is 19.2 Å². The highest BCUT2D eigenvalue weighted by Gasteiger charge is 2.76. The summed E-state index contributed by atoms with van der Waals surface area (Å²) < 4.78 is 5.34. The van der Waals surface area contributed by atoms with Crippen molar-refractivity contribution in [3.63, 3.8) is 0 Å². The topological polar surface area (TPSA) is 179 Å². The van der Waals surface area contributed by atoms with E-state index in [9.17, 15) is 44.7 Å². The third-order valence-electron chi connectivity index (χ3n) is 9.67. The monoisotopic (exact) mass is 584 g/mol. The average Bonchev–Trinajstić information content (AvgIpc) is 2.84. The Balaban J connectivity index is 2.02. The minimum absolute atomic E-state index is 0.0903. The Labute approximate surface area is 244 Å². The zero-order valence-corrected chi connectivity index (χ0v) is 25.4. The number of hydrogen-bond donors (Lipinski definition) is 5. The van der Waals surface area contributed by atoms with Crippen molar-refractivity contribution in [2.45, 2.75) is 92.0 Å². The molecule has 1 unspecified atom stereocenters. The first-order valence-electron chi connectivity index (χ1n) is 14.0. The standard InChI is InChI=1S/C32H40O10/c1-13(2)21-24(36)19(15(4)33)26(38)32(41)27(39)22-25(37)20-17(14(3)30(22,8)28(40)31(21,32)9)11-10-16(23(20)35)12-18(34)42-29(5,6)7/h10-11,13-14,21,28,35-36,39-41H,12H2,1-9H3/t14-,21?,28-,30+,31+,32+/m1/s1. The summed E-state index contributed by atoms with van der Waals surface area (Å²) in [6, 6.07) is 3.05. The van der Waals surface area contributed by atoms with Crippen molar-refractivity contribution in [3.8, 4) is 5.75 Å². The molecular formula is C32H40O10. The Bertz CT molecular complexity index is 1490.